The maximum atomic E-state index is 10.1. The van der Waals surface area contributed by atoms with Crippen LogP contribution in [0.1, 0.15) is 17.9 Å². The number of nitrogens with zero attached hydrogens (tertiary/aromatic N) is 4. The van der Waals surface area contributed by atoms with Crippen molar-refractivity contribution in [2.45, 2.75) is 12.3 Å². The average molecular weight is 389 g/mol. The minimum absolute atomic E-state index is 0.0627. The van der Waals surface area contributed by atoms with Crippen molar-refractivity contribution in [1.29, 1.82) is 21.2 Å². The number of methoxy groups -OCH3 is 1. The lowest BCUT2D eigenvalue weighted by Gasteiger charge is -2.46. The van der Waals surface area contributed by atoms with Gasteiger partial charge in [0, 0.05) is 24.9 Å². The molecule has 8 heteroatoms. The number of nitriles is 3. The van der Waals surface area contributed by atoms with Gasteiger partial charge in [-0.05, 0) is 36.7 Å². The lowest BCUT2D eigenvalue weighted by atomic mass is 9.56. The Bertz CT molecular complexity index is 1040. The predicted octanol–water partition coefficient (Wildman–Crippen LogP) is 2.35. The molecule has 1 saturated heterocycles. The first-order valence-electron chi connectivity index (χ1n) is 9.21. The Morgan fingerprint density at radius 1 is 1.24 bits per heavy atom. The molecule has 1 N–H and O–H groups in total. The van der Waals surface area contributed by atoms with Crippen molar-refractivity contribution in [3.63, 3.8) is 0 Å². The molecule has 2 aliphatic heterocycles. The molecule has 1 aromatic carbocycles. The number of piperidine rings is 1. The van der Waals surface area contributed by atoms with Gasteiger partial charge in [-0.1, -0.05) is 0 Å². The molecule has 0 unspecified atom stereocenters. The average Bonchev–Trinajstić information content (AvgIpc) is 3.21. The van der Waals surface area contributed by atoms with Crippen LogP contribution in [0.15, 0.2) is 23.3 Å². The van der Waals surface area contributed by atoms with Crippen LogP contribution in [-0.4, -0.2) is 44.7 Å². The molecule has 2 heterocycles. The number of nitrogens with one attached hydrogen (secondary N) is 1. The molecule has 146 valence electrons. The van der Waals surface area contributed by atoms with Gasteiger partial charge in [0.05, 0.1) is 30.5 Å². The molecule has 29 heavy (non-hydrogen) atoms. The van der Waals surface area contributed by atoms with Gasteiger partial charge in [-0.2, -0.15) is 15.8 Å². The van der Waals surface area contributed by atoms with Crippen LogP contribution in [0, 0.1) is 50.7 Å². The molecule has 8 nitrogen and oxygen atoms in total. The Morgan fingerprint density at radius 2 is 2.00 bits per heavy atom. The van der Waals surface area contributed by atoms with E-state index in [4.69, 9.17) is 19.6 Å². The van der Waals surface area contributed by atoms with Gasteiger partial charge in [0.2, 0.25) is 12.5 Å². The highest BCUT2D eigenvalue weighted by Crippen LogP contribution is 2.54. The monoisotopic (exact) mass is 389 g/mol. The summed E-state index contributed by atoms with van der Waals surface area (Å²) in [5.74, 6) is 0.532. The highest BCUT2D eigenvalue weighted by Gasteiger charge is 2.55. The quantitative estimate of drug-likeness (QED) is 0.822. The van der Waals surface area contributed by atoms with E-state index in [1.807, 2.05) is 7.05 Å². The van der Waals surface area contributed by atoms with E-state index in [9.17, 15) is 15.8 Å². The number of likely N-dealkylation sites (tertiary alicyclic amines) is 1. The number of fused-ring (bicyclic) bond motifs is 2. The standard InChI is InChI=1S/C21H19N5O3/c1-26-4-3-13-14(7-22)20(25)21(9-23,10-24)18(15(13)8-26)12-5-16(27-2)19-17(6-12)28-11-29-19/h5-6,15,18,25H,3-4,8,11H2,1-2H3/t15-,18+/m0/s1. The Hall–Kier alpha value is -3.54. The smallest absolute Gasteiger partial charge is 0.231 e. The first kappa shape index (κ1) is 18.8. The number of benzene rings is 1. The number of hydrogen-bond donors (Lipinski definition) is 1. The number of hydrogen-bond acceptors (Lipinski definition) is 8. The van der Waals surface area contributed by atoms with Crippen molar-refractivity contribution in [3.05, 3.63) is 28.8 Å². The zero-order valence-corrected chi connectivity index (χ0v) is 16.2. The molecule has 1 aliphatic carbocycles. The normalized spacial score (nSPS) is 24.9. The second-order valence-corrected chi connectivity index (χ2v) is 7.47. The molecular formula is C21H19N5O3. The summed E-state index contributed by atoms with van der Waals surface area (Å²) in [7, 11) is 3.49. The number of rotatable bonds is 2. The first-order valence-corrected chi connectivity index (χ1v) is 9.21. The molecule has 0 saturated carbocycles. The van der Waals surface area contributed by atoms with Crippen molar-refractivity contribution < 1.29 is 14.2 Å². The molecule has 1 aromatic rings. The van der Waals surface area contributed by atoms with Gasteiger partial charge >= 0.3 is 0 Å². The summed E-state index contributed by atoms with van der Waals surface area (Å²) in [6.45, 7) is 1.40. The van der Waals surface area contributed by atoms with Gasteiger partial charge in [0.25, 0.3) is 0 Å². The van der Waals surface area contributed by atoms with E-state index >= 15 is 0 Å². The van der Waals surface area contributed by atoms with E-state index in [2.05, 4.69) is 23.1 Å². The topological polar surface area (TPSA) is 126 Å². The van der Waals surface area contributed by atoms with Gasteiger partial charge in [-0.3, -0.25) is 0 Å². The third-order valence-corrected chi connectivity index (χ3v) is 6.06. The lowest BCUT2D eigenvalue weighted by Crippen LogP contribution is -2.49. The number of ether oxygens (including phenoxy) is 3. The van der Waals surface area contributed by atoms with Crippen LogP contribution in [0.3, 0.4) is 0 Å². The third-order valence-electron chi connectivity index (χ3n) is 6.06. The first-order chi connectivity index (χ1) is 14.0. The summed E-state index contributed by atoms with van der Waals surface area (Å²) in [5, 5.41) is 38.5. The molecule has 0 bridgehead atoms. The summed E-state index contributed by atoms with van der Waals surface area (Å²) in [4.78, 5) is 2.12. The number of allylic oxidation sites excluding steroid dienone is 1. The van der Waals surface area contributed by atoms with Gasteiger partial charge < -0.3 is 24.5 Å². The Morgan fingerprint density at radius 3 is 2.66 bits per heavy atom. The van der Waals surface area contributed by atoms with Gasteiger partial charge in [0.15, 0.2) is 16.9 Å². The van der Waals surface area contributed by atoms with E-state index in [-0.39, 0.29) is 24.0 Å². The highest BCUT2D eigenvalue weighted by molar-refractivity contribution is 6.11. The summed E-state index contributed by atoms with van der Waals surface area (Å²) >= 11 is 0. The van der Waals surface area contributed by atoms with E-state index in [0.717, 1.165) is 12.1 Å². The minimum Gasteiger partial charge on any atom is -0.493 e. The van der Waals surface area contributed by atoms with Crippen molar-refractivity contribution in [1.82, 2.24) is 4.90 Å². The molecular weight excluding hydrogens is 370 g/mol. The van der Waals surface area contributed by atoms with Crippen LogP contribution in [0.5, 0.6) is 17.2 Å². The van der Waals surface area contributed by atoms with Crippen molar-refractivity contribution in [2.75, 3.05) is 34.0 Å². The summed E-state index contributed by atoms with van der Waals surface area (Å²) in [6, 6.07) is 9.76. The van der Waals surface area contributed by atoms with Crippen molar-refractivity contribution >= 4 is 5.71 Å². The molecule has 4 rings (SSSR count). The van der Waals surface area contributed by atoms with Crippen LogP contribution in [0.2, 0.25) is 0 Å². The van der Waals surface area contributed by atoms with E-state index in [0.29, 0.717) is 35.8 Å². The Labute approximate surface area is 168 Å². The molecule has 1 fully saturated rings. The van der Waals surface area contributed by atoms with Crippen molar-refractivity contribution in [3.8, 4) is 35.5 Å². The van der Waals surface area contributed by atoms with Crippen LogP contribution in [0.25, 0.3) is 0 Å². The Kier molecular flexibility index (Phi) is 4.42. The predicted molar refractivity (Wildman–Crippen MR) is 101 cm³/mol. The minimum atomic E-state index is -1.78. The van der Waals surface area contributed by atoms with E-state index in [1.165, 1.54) is 7.11 Å². The van der Waals surface area contributed by atoms with Crippen molar-refractivity contribution in [2.24, 2.45) is 11.3 Å². The molecule has 2 atom stereocenters. The van der Waals surface area contributed by atoms with Gasteiger partial charge in [-0.25, -0.2) is 0 Å². The zero-order valence-electron chi connectivity index (χ0n) is 16.2. The SMILES string of the molecule is COc1cc([C@@H]2[C@H]3CN(C)CCC3=C(C#N)C(=N)C2(C#N)C#N)cc2c1OCO2. The molecule has 0 radical (unpaired) electrons. The zero-order chi connectivity index (χ0) is 20.8. The summed E-state index contributed by atoms with van der Waals surface area (Å²) in [6.07, 6.45) is 0.623. The molecule has 0 amide bonds. The van der Waals surface area contributed by atoms with Gasteiger partial charge in [0.1, 0.15) is 6.07 Å². The van der Waals surface area contributed by atoms with E-state index < -0.39 is 11.3 Å². The molecule has 0 spiro atoms. The van der Waals surface area contributed by atoms with Crippen LogP contribution < -0.4 is 14.2 Å². The summed E-state index contributed by atoms with van der Waals surface area (Å²) in [5.41, 5.74) is -0.319. The van der Waals surface area contributed by atoms with E-state index in [1.54, 1.807) is 12.1 Å². The van der Waals surface area contributed by atoms with Crippen LogP contribution in [-0.2, 0) is 0 Å². The third kappa shape index (κ3) is 2.56. The Balaban J connectivity index is 1.99. The van der Waals surface area contributed by atoms with Crippen LogP contribution >= 0.6 is 0 Å². The van der Waals surface area contributed by atoms with Gasteiger partial charge in [-0.15, -0.1) is 0 Å². The molecule has 0 aromatic heterocycles. The maximum Gasteiger partial charge on any atom is 0.231 e. The second kappa shape index (κ2) is 6.81. The fourth-order valence-electron chi connectivity index (χ4n) is 4.68. The van der Waals surface area contributed by atoms with Crippen LogP contribution in [0.4, 0.5) is 0 Å². The lowest BCUT2D eigenvalue weighted by molar-refractivity contribution is 0.171. The maximum absolute atomic E-state index is 10.1. The second-order valence-electron chi connectivity index (χ2n) is 7.47. The highest BCUT2D eigenvalue weighted by atomic mass is 16.7. The molecule has 3 aliphatic rings. The fraction of sp³-hybridized carbons (Fsp3) is 0.429. The largest absolute Gasteiger partial charge is 0.493 e. The fourth-order valence-corrected chi connectivity index (χ4v) is 4.68. The summed E-state index contributed by atoms with van der Waals surface area (Å²) < 4.78 is 16.5.